The van der Waals surface area contributed by atoms with Crippen molar-refractivity contribution < 1.29 is 0 Å². The molecule has 0 heterocycles. The first kappa shape index (κ1) is 14.3. The molecule has 0 radical (unpaired) electrons. The van der Waals surface area contributed by atoms with Gasteiger partial charge in [0.15, 0.2) is 0 Å². The zero-order valence-electron chi connectivity index (χ0n) is 10.2. The number of allylic oxidation sites excluding steroid dienone is 1. The van der Waals surface area contributed by atoms with Gasteiger partial charge >= 0.3 is 0 Å². The van der Waals surface area contributed by atoms with Gasteiger partial charge in [-0.05, 0) is 43.4 Å². The van der Waals surface area contributed by atoms with E-state index < -0.39 is 5.41 Å². The van der Waals surface area contributed by atoms with Crippen molar-refractivity contribution in [3.63, 3.8) is 0 Å². The Hall–Kier alpha value is -1.77. The zero-order chi connectivity index (χ0) is 13.4. The van der Waals surface area contributed by atoms with Crippen LogP contribution < -0.4 is 0 Å². The van der Waals surface area contributed by atoms with Crippen molar-refractivity contribution in [3.05, 3.63) is 47.5 Å². The summed E-state index contributed by atoms with van der Waals surface area (Å²) in [6.45, 7) is 3.63. The van der Waals surface area contributed by atoms with Crippen LogP contribution >= 0.6 is 11.6 Å². The lowest BCUT2D eigenvalue weighted by Crippen LogP contribution is -2.17. The quantitative estimate of drug-likeness (QED) is 0.715. The SMILES string of the molecule is C=CCCC(C#N)(C#N)CCc1ccc(Cl)cc1. The molecule has 1 aromatic rings. The monoisotopic (exact) mass is 258 g/mol. The topological polar surface area (TPSA) is 47.6 Å². The second-order valence-electron chi connectivity index (χ2n) is 4.26. The van der Waals surface area contributed by atoms with Crippen molar-refractivity contribution in [1.82, 2.24) is 0 Å². The molecule has 1 rings (SSSR count). The Bertz CT molecular complexity index is 463. The maximum Gasteiger partial charge on any atom is 0.144 e. The maximum absolute atomic E-state index is 9.20. The molecule has 92 valence electrons. The number of hydrogen-bond donors (Lipinski definition) is 0. The van der Waals surface area contributed by atoms with Crippen LogP contribution in [-0.4, -0.2) is 0 Å². The third-order valence-electron chi connectivity index (χ3n) is 2.96. The van der Waals surface area contributed by atoms with Crippen molar-refractivity contribution in [3.8, 4) is 12.1 Å². The summed E-state index contributed by atoms with van der Waals surface area (Å²) in [5.41, 5.74) is 0.182. The molecule has 0 bridgehead atoms. The van der Waals surface area contributed by atoms with Crippen LogP contribution in [0.5, 0.6) is 0 Å². The van der Waals surface area contributed by atoms with Gasteiger partial charge in [-0.1, -0.05) is 29.8 Å². The lowest BCUT2D eigenvalue weighted by Gasteiger charge is -2.17. The smallest absolute Gasteiger partial charge is 0.144 e. The Morgan fingerprint density at radius 2 is 1.78 bits per heavy atom. The molecule has 0 aromatic heterocycles. The predicted octanol–water partition coefficient (Wildman–Crippen LogP) is 4.27. The standard InChI is InChI=1S/C15H15ClN2/c1-2-3-9-15(11-17,12-18)10-8-13-4-6-14(16)7-5-13/h2,4-7H,1,3,8-10H2. The van der Waals surface area contributed by atoms with Crippen LogP contribution in [0.2, 0.25) is 5.02 Å². The minimum absolute atomic E-state index is 0.537. The highest BCUT2D eigenvalue weighted by Crippen LogP contribution is 2.28. The molecule has 0 saturated carbocycles. The van der Waals surface area contributed by atoms with Gasteiger partial charge in [0.25, 0.3) is 0 Å². The van der Waals surface area contributed by atoms with E-state index >= 15 is 0 Å². The molecule has 0 spiro atoms. The number of hydrogen-bond acceptors (Lipinski definition) is 2. The summed E-state index contributed by atoms with van der Waals surface area (Å²) in [4.78, 5) is 0. The van der Waals surface area contributed by atoms with Crippen molar-refractivity contribution in [2.45, 2.75) is 25.7 Å². The van der Waals surface area contributed by atoms with E-state index in [-0.39, 0.29) is 0 Å². The summed E-state index contributed by atoms with van der Waals surface area (Å²) in [5.74, 6) is 0. The van der Waals surface area contributed by atoms with Crippen LogP contribution in [0.3, 0.4) is 0 Å². The second-order valence-corrected chi connectivity index (χ2v) is 4.70. The van der Waals surface area contributed by atoms with Gasteiger partial charge in [-0.2, -0.15) is 10.5 Å². The van der Waals surface area contributed by atoms with E-state index in [4.69, 9.17) is 11.6 Å². The van der Waals surface area contributed by atoms with E-state index in [1.807, 2.05) is 24.3 Å². The first-order valence-corrected chi connectivity index (χ1v) is 6.21. The molecule has 0 saturated heterocycles. The lowest BCUT2D eigenvalue weighted by atomic mass is 9.81. The van der Waals surface area contributed by atoms with Crippen LogP contribution in [0.25, 0.3) is 0 Å². The Morgan fingerprint density at radius 3 is 2.28 bits per heavy atom. The molecule has 18 heavy (non-hydrogen) atoms. The molecule has 2 nitrogen and oxygen atoms in total. The summed E-state index contributed by atoms with van der Waals surface area (Å²) < 4.78 is 0. The van der Waals surface area contributed by atoms with E-state index in [0.29, 0.717) is 30.7 Å². The molecule has 0 aliphatic rings. The molecule has 3 heteroatoms. The minimum Gasteiger partial charge on any atom is -0.197 e. The number of aryl methyl sites for hydroxylation is 1. The average Bonchev–Trinajstić information content (AvgIpc) is 2.42. The van der Waals surface area contributed by atoms with Crippen LogP contribution in [0, 0.1) is 28.1 Å². The van der Waals surface area contributed by atoms with Gasteiger partial charge in [0.1, 0.15) is 5.41 Å². The number of nitriles is 2. The van der Waals surface area contributed by atoms with Gasteiger partial charge in [0.2, 0.25) is 0 Å². The number of halogens is 1. The molecular formula is C15H15ClN2. The molecule has 0 amide bonds. The number of nitrogens with zero attached hydrogens (tertiary/aromatic N) is 2. The van der Waals surface area contributed by atoms with Gasteiger partial charge in [-0.25, -0.2) is 0 Å². The van der Waals surface area contributed by atoms with Crippen LogP contribution in [0.4, 0.5) is 0 Å². The van der Waals surface area contributed by atoms with Gasteiger partial charge < -0.3 is 0 Å². The van der Waals surface area contributed by atoms with Crippen LogP contribution in [0.1, 0.15) is 24.8 Å². The maximum atomic E-state index is 9.20. The molecule has 0 N–H and O–H groups in total. The second kappa shape index (κ2) is 6.84. The van der Waals surface area contributed by atoms with Crippen molar-refractivity contribution >= 4 is 11.6 Å². The summed E-state index contributed by atoms with van der Waals surface area (Å²) in [7, 11) is 0. The van der Waals surface area contributed by atoms with E-state index in [9.17, 15) is 10.5 Å². The highest BCUT2D eigenvalue weighted by atomic mass is 35.5. The first-order valence-electron chi connectivity index (χ1n) is 5.83. The number of rotatable bonds is 6. The molecule has 1 aromatic carbocycles. The van der Waals surface area contributed by atoms with Gasteiger partial charge in [0.05, 0.1) is 12.1 Å². The Kier molecular flexibility index (Phi) is 5.43. The minimum atomic E-state index is -0.909. The molecule has 0 aliphatic heterocycles. The van der Waals surface area contributed by atoms with Gasteiger partial charge in [0, 0.05) is 5.02 Å². The van der Waals surface area contributed by atoms with Crippen LogP contribution in [-0.2, 0) is 6.42 Å². The van der Waals surface area contributed by atoms with Gasteiger partial charge in [-0.3, -0.25) is 0 Å². The lowest BCUT2D eigenvalue weighted by molar-refractivity contribution is 0.443. The summed E-state index contributed by atoms with van der Waals surface area (Å²) in [6, 6.07) is 11.8. The Labute approximate surface area is 113 Å². The van der Waals surface area contributed by atoms with Crippen LogP contribution in [0.15, 0.2) is 36.9 Å². The van der Waals surface area contributed by atoms with Gasteiger partial charge in [-0.15, -0.1) is 6.58 Å². The highest BCUT2D eigenvalue weighted by Gasteiger charge is 2.28. The Morgan fingerprint density at radius 1 is 1.17 bits per heavy atom. The fourth-order valence-corrected chi connectivity index (χ4v) is 1.86. The third kappa shape index (κ3) is 3.91. The summed E-state index contributed by atoms with van der Waals surface area (Å²) >= 11 is 5.81. The van der Waals surface area contributed by atoms with E-state index in [0.717, 1.165) is 5.56 Å². The molecule has 0 atom stereocenters. The molecule has 0 unspecified atom stereocenters. The normalized spacial score (nSPS) is 10.4. The summed E-state index contributed by atoms with van der Waals surface area (Å²) in [6.07, 6.45) is 4.20. The first-order chi connectivity index (χ1) is 8.65. The fourth-order valence-electron chi connectivity index (χ4n) is 1.73. The molecular weight excluding hydrogens is 244 g/mol. The third-order valence-corrected chi connectivity index (χ3v) is 3.21. The zero-order valence-corrected chi connectivity index (χ0v) is 11.0. The van der Waals surface area contributed by atoms with E-state index in [1.165, 1.54) is 0 Å². The largest absolute Gasteiger partial charge is 0.197 e. The van der Waals surface area contributed by atoms with Crippen molar-refractivity contribution in [2.75, 3.05) is 0 Å². The Balaban J connectivity index is 2.68. The summed E-state index contributed by atoms with van der Waals surface area (Å²) in [5, 5.41) is 19.1. The predicted molar refractivity (Wildman–Crippen MR) is 72.9 cm³/mol. The average molecular weight is 259 g/mol. The van der Waals surface area contributed by atoms with Crippen molar-refractivity contribution in [1.29, 1.82) is 10.5 Å². The fraction of sp³-hybridized carbons (Fsp3) is 0.333. The molecule has 0 aliphatic carbocycles. The number of benzene rings is 1. The molecule has 0 fully saturated rings. The van der Waals surface area contributed by atoms with E-state index in [2.05, 4.69) is 18.7 Å². The van der Waals surface area contributed by atoms with Crippen molar-refractivity contribution in [2.24, 2.45) is 5.41 Å². The highest BCUT2D eigenvalue weighted by molar-refractivity contribution is 6.30. The van der Waals surface area contributed by atoms with E-state index in [1.54, 1.807) is 6.08 Å².